The molecule has 0 aliphatic carbocycles. The summed E-state index contributed by atoms with van der Waals surface area (Å²) in [6, 6.07) is 1.03. The molecule has 3 nitrogen and oxygen atoms in total. The first-order valence-corrected chi connectivity index (χ1v) is 6.02. The maximum absolute atomic E-state index is 3.97. The number of aromatic nitrogens is 2. The van der Waals surface area contributed by atoms with Crippen molar-refractivity contribution in [2.45, 2.75) is 58.5 Å². The molecule has 0 bridgehead atoms. The van der Waals surface area contributed by atoms with Crippen LogP contribution >= 0.6 is 0 Å². The monoisotopic (exact) mass is 209 g/mol. The van der Waals surface area contributed by atoms with Crippen LogP contribution in [-0.2, 0) is 0 Å². The van der Waals surface area contributed by atoms with Gasteiger partial charge in [-0.2, -0.15) is 5.10 Å². The third kappa shape index (κ3) is 4.04. The lowest BCUT2D eigenvalue weighted by atomic mass is 10.1. The van der Waals surface area contributed by atoms with Gasteiger partial charge in [0.15, 0.2) is 0 Å². The van der Waals surface area contributed by atoms with Crippen LogP contribution in [0, 0.1) is 0 Å². The van der Waals surface area contributed by atoms with Gasteiger partial charge in [0.2, 0.25) is 0 Å². The van der Waals surface area contributed by atoms with Gasteiger partial charge in [0.05, 0.1) is 6.20 Å². The van der Waals surface area contributed by atoms with E-state index in [9.17, 15) is 0 Å². The highest BCUT2D eigenvalue weighted by atomic mass is 15.1. The van der Waals surface area contributed by atoms with E-state index in [1.54, 1.807) is 0 Å². The minimum atomic E-state index is 0.394. The molecule has 1 heterocycles. The van der Waals surface area contributed by atoms with E-state index in [0.717, 1.165) is 0 Å². The zero-order chi connectivity index (χ0) is 11.1. The quantitative estimate of drug-likeness (QED) is 0.724. The van der Waals surface area contributed by atoms with Gasteiger partial charge >= 0.3 is 0 Å². The van der Waals surface area contributed by atoms with Gasteiger partial charge in [-0.15, -0.1) is 0 Å². The topological polar surface area (TPSA) is 40.7 Å². The highest BCUT2D eigenvalue weighted by Crippen LogP contribution is 2.13. The van der Waals surface area contributed by atoms with E-state index in [4.69, 9.17) is 0 Å². The molecule has 0 spiro atoms. The highest BCUT2D eigenvalue weighted by molar-refractivity contribution is 5.08. The van der Waals surface area contributed by atoms with Crippen molar-refractivity contribution < 1.29 is 0 Å². The van der Waals surface area contributed by atoms with E-state index >= 15 is 0 Å². The average molecular weight is 209 g/mol. The predicted octanol–water partition coefficient (Wildman–Crippen LogP) is 3.03. The summed E-state index contributed by atoms with van der Waals surface area (Å²) in [7, 11) is 0. The molecule has 0 saturated heterocycles. The van der Waals surface area contributed by atoms with Crippen molar-refractivity contribution in [1.29, 1.82) is 0 Å². The number of H-pyrrole nitrogens is 1. The summed E-state index contributed by atoms with van der Waals surface area (Å²) in [5.41, 5.74) is 1.24. The second-order valence-corrected chi connectivity index (χ2v) is 4.17. The fourth-order valence-corrected chi connectivity index (χ4v) is 1.80. The molecule has 2 N–H and O–H groups in total. The van der Waals surface area contributed by atoms with E-state index in [1.807, 2.05) is 12.4 Å². The Morgan fingerprint density at radius 1 is 1.47 bits per heavy atom. The van der Waals surface area contributed by atoms with Crippen LogP contribution in [0.4, 0.5) is 0 Å². The van der Waals surface area contributed by atoms with Crippen molar-refractivity contribution in [1.82, 2.24) is 15.5 Å². The summed E-state index contributed by atoms with van der Waals surface area (Å²) in [5.74, 6) is 0. The molecule has 1 rings (SSSR count). The number of hydrogen-bond donors (Lipinski definition) is 2. The number of rotatable bonds is 7. The van der Waals surface area contributed by atoms with Crippen molar-refractivity contribution >= 4 is 0 Å². The standard InChI is InChI=1S/C12H23N3/c1-4-6-7-12(5-2)15-10(3)11-8-13-14-9-11/h8-10,12,15H,4-7H2,1-3H3,(H,13,14). The van der Waals surface area contributed by atoms with Gasteiger partial charge in [-0.25, -0.2) is 0 Å². The van der Waals surface area contributed by atoms with Crippen LogP contribution in [-0.4, -0.2) is 16.2 Å². The summed E-state index contributed by atoms with van der Waals surface area (Å²) in [4.78, 5) is 0. The molecule has 2 unspecified atom stereocenters. The van der Waals surface area contributed by atoms with Crippen molar-refractivity contribution in [3.63, 3.8) is 0 Å². The Hall–Kier alpha value is -0.830. The fraction of sp³-hybridized carbons (Fsp3) is 0.750. The van der Waals surface area contributed by atoms with E-state index < -0.39 is 0 Å². The highest BCUT2D eigenvalue weighted by Gasteiger charge is 2.11. The van der Waals surface area contributed by atoms with E-state index in [1.165, 1.54) is 31.2 Å². The van der Waals surface area contributed by atoms with Crippen LogP contribution in [0.1, 0.15) is 58.1 Å². The summed E-state index contributed by atoms with van der Waals surface area (Å²) < 4.78 is 0. The predicted molar refractivity (Wildman–Crippen MR) is 63.7 cm³/mol. The van der Waals surface area contributed by atoms with Gasteiger partial charge < -0.3 is 5.32 Å². The lowest BCUT2D eigenvalue weighted by Gasteiger charge is -2.21. The maximum Gasteiger partial charge on any atom is 0.0534 e. The lowest BCUT2D eigenvalue weighted by Crippen LogP contribution is -2.30. The van der Waals surface area contributed by atoms with Crippen LogP contribution in [0.25, 0.3) is 0 Å². The van der Waals surface area contributed by atoms with Gasteiger partial charge in [-0.1, -0.05) is 26.7 Å². The minimum Gasteiger partial charge on any atom is -0.307 e. The first-order chi connectivity index (χ1) is 7.27. The van der Waals surface area contributed by atoms with Crippen LogP contribution in [0.15, 0.2) is 12.4 Å². The second kappa shape index (κ2) is 6.62. The second-order valence-electron chi connectivity index (χ2n) is 4.17. The van der Waals surface area contributed by atoms with Gasteiger partial charge in [-0.05, 0) is 19.8 Å². The number of unbranched alkanes of at least 4 members (excludes halogenated alkanes) is 1. The average Bonchev–Trinajstić information content (AvgIpc) is 2.77. The maximum atomic E-state index is 3.97. The van der Waals surface area contributed by atoms with Crippen LogP contribution in [0.5, 0.6) is 0 Å². The molecule has 0 aliphatic heterocycles. The lowest BCUT2D eigenvalue weighted by molar-refractivity contribution is 0.410. The largest absolute Gasteiger partial charge is 0.307 e. The molecular weight excluding hydrogens is 186 g/mol. The van der Waals surface area contributed by atoms with Crippen LogP contribution in [0.3, 0.4) is 0 Å². The third-order valence-electron chi connectivity index (χ3n) is 2.90. The Labute approximate surface area is 92.7 Å². The SMILES string of the molecule is CCCCC(CC)NC(C)c1cn[nH]c1. The summed E-state index contributed by atoms with van der Waals surface area (Å²) >= 11 is 0. The van der Waals surface area contributed by atoms with Gasteiger partial charge in [0.1, 0.15) is 0 Å². The Morgan fingerprint density at radius 3 is 2.80 bits per heavy atom. The molecule has 1 aromatic heterocycles. The molecule has 0 fully saturated rings. The molecular formula is C12H23N3. The molecule has 2 atom stereocenters. The number of nitrogens with zero attached hydrogens (tertiary/aromatic N) is 1. The Kier molecular flexibility index (Phi) is 5.40. The van der Waals surface area contributed by atoms with E-state index in [0.29, 0.717) is 12.1 Å². The Balaban J connectivity index is 2.37. The molecule has 0 saturated carbocycles. The van der Waals surface area contributed by atoms with Crippen molar-refractivity contribution in [2.24, 2.45) is 0 Å². The van der Waals surface area contributed by atoms with Crippen molar-refractivity contribution in [3.8, 4) is 0 Å². The Morgan fingerprint density at radius 2 is 2.27 bits per heavy atom. The summed E-state index contributed by atoms with van der Waals surface area (Å²) in [5, 5.41) is 10.5. The number of nitrogens with one attached hydrogen (secondary N) is 2. The molecule has 1 aromatic rings. The normalized spacial score (nSPS) is 15.1. The summed E-state index contributed by atoms with van der Waals surface area (Å²) in [6.45, 7) is 6.68. The third-order valence-corrected chi connectivity index (χ3v) is 2.90. The first kappa shape index (κ1) is 12.2. The first-order valence-electron chi connectivity index (χ1n) is 6.02. The molecule has 15 heavy (non-hydrogen) atoms. The molecule has 3 heteroatoms. The summed E-state index contributed by atoms with van der Waals surface area (Å²) in [6.07, 6.45) is 8.91. The number of aromatic amines is 1. The fourth-order valence-electron chi connectivity index (χ4n) is 1.80. The minimum absolute atomic E-state index is 0.394. The molecule has 0 radical (unpaired) electrons. The Bertz CT molecular complexity index is 243. The molecule has 0 aromatic carbocycles. The van der Waals surface area contributed by atoms with Crippen molar-refractivity contribution in [2.75, 3.05) is 0 Å². The van der Waals surface area contributed by atoms with Crippen molar-refractivity contribution in [3.05, 3.63) is 18.0 Å². The zero-order valence-electron chi connectivity index (χ0n) is 10.1. The van der Waals surface area contributed by atoms with Crippen LogP contribution < -0.4 is 5.32 Å². The zero-order valence-corrected chi connectivity index (χ0v) is 10.1. The van der Waals surface area contributed by atoms with E-state index in [-0.39, 0.29) is 0 Å². The van der Waals surface area contributed by atoms with Gasteiger partial charge in [-0.3, -0.25) is 5.10 Å². The van der Waals surface area contributed by atoms with Gasteiger partial charge in [0.25, 0.3) is 0 Å². The van der Waals surface area contributed by atoms with Crippen LogP contribution in [0.2, 0.25) is 0 Å². The molecule has 0 amide bonds. The molecule has 86 valence electrons. The number of hydrogen-bond acceptors (Lipinski definition) is 2. The van der Waals surface area contributed by atoms with E-state index in [2.05, 4.69) is 36.3 Å². The van der Waals surface area contributed by atoms with Gasteiger partial charge in [0, 0.05) is 23.8 Å². The molecule has 0 aliphatic rings. The smallest absolute Gasteiger partial charge is 0.0534 e.